The first kappa shape index (κ1) is 42.4. The number of unbranched alkanes of at least 4 members (excludes halogenated alkanes) is 2. The zero-order valence-corrected chi connectivity index (χ0v) is 38.0. The molecule has 0 N–H and O–H groups in total. The van der Waals surface area contributed by atoms with Crippen LogP contribution in [-0.4, -0.2) is 0 Å². The standard InChI is InChI=1S/C62H60N2/c1-5-9-21-47-25-19-33-53(41-47)63(51-31-17-23-45(7-3)39-51)55-35-37-57-59(43-55)61(49-27-13-11-14-28-49)58-38-36-56(44-60(58)62(57)50-29-15-12-16-30-50)64(52-32-18-24-46(8-4)40-52)54-34-20-26-48(42-54)22-10-6-2/h11-20,23-44H,5-10,21-22H2,1-4H3. The van der Waals surface area contributed by atoms with E-state index in [4.69, 9.17) is 0 Å². The summed E-state index contributed by atoms with van der Waals surface area (Å²) in [5.41, 5.74) is 17.3. The molecule has 0 heterocycles. The average Bonchev–Trinajstić information content (AvgIpc) is 3.35. The van der Waals surface area contributed by atoms with Crippen molar-refractivity contribution in [2.75, 3.05) is 9.80 Å². The first-order valence-corrected chi connectivity index (χ1v) is 23.7. The van der Waals surface area contributed by atoms with Gasteiger partial charge in [0.1, 0.15) is 0 Å². The highest BCUT2D eigenvalue weighted by Gasteiger charge is 2.22. The summed E-state index contributed by atoms with van der Waals surface area (Å²) in [5.74, 6) is 0. The second-order valence-electron chi connectivity index (χ2n) is 17.2. The molecular formula is C62H60N2. The fourth-order valence-electron chi connectivity index (χ4n) is 9.50. The van der Waals surface area contributed by atoms with Gasteiger partial charge >= 0.3 is 0 Å². The molecule has 0 unspecified atom stereocenters. The van der Waals surface area contributed by atoms with E-state index in [9.17, 15) is 0 Å². The fraction of sp³-hybridized carbons (Fsp3) is 0.194. The molecule has 318 valence electrons. The normalized spacial score (nSPS) is 11.3. The molecule has 2 heteroatoms. The van der Waals surface area contributed by atoms with E-state index in [0.29, 0.717) is 0 Å². The Morgan fingerprint density at radius 3 is 1.00 bits per heavy atom. The zero-order valence-electron chi connectivity index (χ0n) is 38.0. The highest BCUT2D eigenvalue weighted by atomic mass is 15.1. The average molecular weight is 833 g/mol. The predicted octanol–water partition coefficient (Wildman–Crippen LogP) is 18.1. The minimum atomic E-state index is 0.980. The topological polar surface area (TPSA) is 6.48 Å². The Bertz CT molecular complexity index is 2800. The van der Waals surface area contributed by atoms with Gasteiger partial charge in [-0.25, -0.2) is 0 Å². The van der Waals surface area contributed by atoms with Crippen LogP contribution in [0.15, 0.2) is 194 Å². The van der Waals surface area contributed by atoms with Crippen molar-refractivity contribution in [2.24, 2.45) is 0 Å². The minimum Gasteiger partial charge on any atom is -0.310 e. The summed E-state index contributed by atoms with van der Waals surface area (Å²) >= 11 is 0. The van der Waals surface area contributed by atoms with Gasteiger partial charge in [-0.2, -0.15) is 0 Å². The second-order valence-corrected chi connectivity index (χ2v) is 17.2. The summed E-state index contributed by atoms with van der Waals surface area (Å²) in [4.78, 5) is 4.93. The van der Waals surface area contributed by atoms with E-state index in [0.717, 1.165) is 37.1 Å². The molecule has 0 aliphatic heterocycles. The maximum Gasteiger partial charge on any atom is 0.0468 e. The minimum absolute atomic E-state index is 0.980. The van der Waals surface area contributed by atoms with E-state index in [-0.39, 0.29) is 0 Å². The van der Waals surface area contributed by atoms with E-state index in [1.165, 1.54) is 114 Å². The lowest BCUT2D eigenvalue weighted by molar-refractivity contribution is 0.795. The van der Waals surface area contributed by atoms with Gasteiger partial charge in [0.2, 0.25) is 0 Å². The van der Waals surface area contributed by atoms with Gasteiger partial charge in [-0.1, -0.05) is 162 Å². The lowest BCUT2D eigenvalue weighted by Gasteiger charge is -2.29. The maximum absolute atomic E-state index is 2.47. The number of aryl methyl sites for hydroxylation is 4. The van der Waals surface area contributed by atoms with Crippen LogP contribution in [0.25, 0.3) is 43.8 Å². The van der Waals surface area contributed by atoms with Gasteiger partial charge in [0, 0.05) is 34.1 Å². The van der Waals surface area contributed by atoms with E-state index < -0.39 is 0 Å². The smallest absolute Gasteiger partial charge is 0.0468 e. The Labute approximate surface area is 381 Å². The zero-order chi connectivity index (χ0) is 43.8. The molecule has 0 radical (unpaired) electrons. The van der Waals surface area contributed by atoms with Crippen molar-refractivity contribution in [3.8, 4) is 22.3 Å². The van der Waals surface area contributed by atoms with Gasteiger partial charge in [-0.15, -0.1) is 0 Å². The molecule has 0 fully saturated rings. The van der Waals surface area contributed by atoms with Crippen LogP contribution in [0.2, 0.25) is 0 Å². The number of rotatable bonds is 16. The van der Waals surface area contributed by atoms with E-state index in [1.54, 1.807) is 0 Å². The van der Waals surface area contributed by atoms with Crippen molar-refractivity contribution < 1.29 is 0 Å². The number of hydrogen-bond donors (Lipinski definition) is 0. The summed E-state index contributed by atoms with van der Waals surface area (Å²) in [6.07, 6.45) is 8.81. The first-order chi connectivity index (χ1) is 31.6. The number of fused-ring (bicyclic) bond motifs is 2. The Balaban J connectivity index is 1.33. The van der Waals surface area contributed by atoms with Gasteiger partial charge in [0.15, 0.2) is 0 Å². The lowest BCUT2D eigenvalue weighted by Crippen LogP contribution is -2.11. The van der Waals surface area contributed by atoms with Gasteiger partial charge < -0.3 is 9.80 Å². The van der Waals surface area contributed by atoms with Crippen molar-refractivity contribution in [3.63, 3.8) is 0 Å². The van der Waals surface area contributed by atoms with Crippen LogP contribution in [0.4, 0.5) is 34.1 Å². The molecule has 0 spiro atoms. The van der Waals surface area contributed by atoms with Crippen molar-refractivity contribution in [1.82, 2.24) is 0 Å². The van der Waals surface area contributed by atoms with Crippen molar-refractivity contribution in [2.45, 2.75) is 79.1 Å². The Hall–Kier alpha value is -6.90. The molecule has 0 bridgehead atoms. The Kier molecular flexibility index (Phi) is 13.0. The molecule has 9 aromatic rings. The highest BCUT2D eigenvalue weighted by molar-refractivity contribution is 6.22. The molecular weight excluding hydrogens is 773 g/mol. The van der Waals surface area contributed by atoms with E-state index in [2.05, 4.69) is 232 Å². The third-order valence-electron chi connectivity index (χ3n) is 12.9. The molecule has 0 saturated heterocycles. The van der Waals surface area contributed by atoms with Gasteiger partial charge in [-0.3, -0.25) is 0 Å². The van der Waals surface area contributed by atoms with Crippen LogP contribution < -0.4 is 9.80 Å². The van der Waals surface area contributed by atoms with Crippen LogP contribution >= 0.6 is 0 Å². The van der Waals surface area contributed by atoms with E-state index >= 15 is 0 Å². The van der Waals surface area contributed by atoms with Crippen LogP contribution in [0.5, 0.6) is 0 Å². The van der Waals surface area contributed by atoms with Crippen molar-refractivity contribution in [3.05, 3.63) is 216 Å². The fourth-order valence-corrected chi connectivity index (χ4v) is 9.50. The monoisotopic (exact) mass is 832 g/mol. The first-order valence-electron chi connectivity index (χ1n) is 23.7. The molecule has 0 aliphatic carbocycles. The van der Waals surface area contributed by atoms with Gasteiger partial charge in [0.05, 0.1) is 0 Å². The second kappa shape index (κ2) is 19.7. The number of nitrogens with zero attached hydrogens (tertiary/aromatic N) is 2. The maximum atomic E-state index is 2.47. The van der Waals surface area contributed by atoms with Crippen molar-refractivity contribution >= 4 is 55.7 Å². The van der Waals surface area contributed by atoms with Crippen LogP contribution in [0, 0.1) is 0 Å². The molecule has 2 nitrogen and oxygen atoms in total. The summed E-state index contributed by atoms with van der Waals surface area (Å²) in [6.45, 7) is 9.03. The largest absolute Gasteiger partial charge is 0.310 e. The molecule has 0 aromatic heterocycles. The quantitative estimate of drug-likeness (QED) is 0.0895. The third kappa shape index (κ3) is 8.84. The Morgan fingerprint density at radius 2 is 0.641 bits per heavy atom. The molecule has 9 rings (SSSR count). The molecule has 9 aromatic carbocycles. The summed E-state index contributed by atoms with van der Waals surface area (Å²) < 4.78 is 0. The summed E-state index contributed by atoms with van der Waals surface area (Å²) in [5, 5.41) is 4.94. The van der Waals surface area contributed by atoms with Gasteiger partial charge in [0.25, 0.3) is 0 Å². The number of anilines is 6. The number of benzene rings is 9. The van der Waals surface area contributed by atoms with E-state index in [1.807, 2.05) is 0 Å². The highest BCUT2D eigenvalue weighted by Crippen LogP contribution is 2.48. The molecule has 64 heavy (non-hydrogen) atoms. The summed E-state index contributed by atoms with van der Waals surface area (Å²) in [6, 6.07) is 73.0. The Morgan fingerprint density at radius 1 is 0.297 bits per heavy atom. The van der Waals surface area contributed by atoms with Crippen LogP contribution in [0.1, 0.15) is 75.6 Å². The SMILES string of the molecule is CCCCc1cccc(N(c2cccc(CC)c2)c2ccc3c(-c4ccccc4)c4cc(N(c5cccc(CC)c5)c5cccc(CCCC)c5)ccc4c(-c4ccccc4)c3c2)c1. The predicted molar refractivity (Wildman–Crippen MR) is 278 cm³/mol. The molecule has 0 saturated carbocycles. The third-order valence-corrected chi connectivity index (χ3v) is 12.9. The molecule has 0 aliphatic rings. The van der Waals surface area contributed by atoms with Gasteiger partial charge in [-0.05, 0) is 177 Å². The summed E-state index contributed by atoms with van der Waals surface area (Å²) in [7, 11) is 0. The molecule has 0 amide bonds. The number of hydrogen-bond acceptors (Lipinski definition) is 2. The van der Waals surface area contributed by atoms with Crippen LogP contribution in [-0.2, 0) is 25.7 Å². The van der Waals surface area contributed by atoms with Crippen LogP contribution in [0.3, 0.4) is 0 Å². The van der Waals surface area contributed by atoms with Crippen molar-refractivity contribution in [1.29, 1.82) is 0 Å². The lowest BCUT2D eigenvalue weighted by atomic mass is 9.85. The molecule has 0 atom stereocenters.